The predicted octanol–water partition coefficient (Wildman–Crippen LogP) is 0.735. The number of nitrogens with zero attached hydrogens (tertiary/aromatic N) is 5. The lowest BCUT2D eigenvalue weighted by Gasteiger charge is -2.29. The highest BCUT2D eigenvalue weighted by Gasteiger charge is 2.28. The van der Waals surface area contributed by atoms with Crippen molar-refractivity contribution in [2.45, 2.75) is 19.3 Å². The summed E-state index contributed by atoms with van der Waals surface area (Å²) in [5.41, 5.74) is 0.892. The van der Waals surface area contributed by atoms with E-state index in [0.717, 1.165) is 37.3 Å². The van der Waals surface area contributed by atoms with Gasteiger partial charge in [0.2, 0.25) is 11.9 Å². The summed E-state index contributed by atoms with van der Waals surface area (Å²) in [4.78, 5) is 24.1. The summed E-state index contributed by atoms with van der Waals surface area (Å²) >= 11 is 0. The van der Waals surface area contributed by atoms with Gasteiger partial charge in [0, 0.05) is 37.8 Å². The maximum atomic E-state index is 11.6. The largest absolute Gasteiger partial charge is 0.341 e. The topological polar surface area (TPSA) is 73.1 Å². The maximum Gasteiger partial charge on any atom is 0.232 e. The first-order chi connectivity index (χ1) is 9.19. The van der Waals surface area contributed by atoms with Crippen LogP contribution in [0.1, 0.15) is 18.4 Å². The molecule has 19 heavy (non-hydrogen) atoms. The van der Waals surface area contributed by atoms with Crippen molar-refractivity contribution < 1.29 is 4.79 Å². The number of carbonyl (C=O) groups is 1. The molecule has 0 radical (unpaired) electrons. The van der Waals surface area contributed by atoms with Gasteiger partial charge in [0.25, 0.3) is 0 Å². The van der Waals surface area contributed by atoms with Crippen molar-refractivity contribution in [3.8, 4) is 6.07 Å². The number of likely N-dealkylation sites (N-methyl/N-ethyl adjacent to an activating group) is 1. The van der Waals surface area contributed by atoms with E-state index in [2.05, 4.69) is 20.9 Å². The first kappa shape index (κ1) is 11.9. The third-order valence-electron chi connectivity index (χ3n) is 3.82. The number of hydrogen-bond donors (Lipinski definition) is 0. The van der Waals surface area contributed by atoms with Crippen LogP contribution in [0, 0.1) is 17.2 Å². The standard InChI is InChI=1S/C13H15N5O/c1-17-11(19)6-10-8-15-13(16-12(10)17)18-4-2-9(7-14)3-5-18/h8-9H,2-6H2,1H3. The van der Waals surface area contributed by atoms with E-state index >= 15 is 0 Å². The van der Waals surface area contributed by atoms with Gasteiger partial charge >= 0.3 is 0 Å². The molecule has 1 amide bonds. The van der Waals surface area contributed by atoms with Gasteiger partial charge < -0.3 is 4.90 Å². The summed E-state index contributed by atoms with van der Waals surface area (Å²) in [5, 5.41) is 8.89. The quantitative estimate of drug-likeness (QED) is 0.741. The molecule has 98 valence electrons. The average molecular weight is 257 g/mol. The van der Waals surface area contributed by atoms with Crippen LogP contribution in [0.15, 0.2) is 6.20 Å². The maximum absolute atomic E-state index is 11.6. The number of nitriles is 1. The molecule has 0 bridgehead atoms. The zero-order valence-electron chi connectivity index (χ0n) is 10.8. The Hall–Kier alpha value is -2.16. The molecule has 0 atom stereocenters. The first-order valence-electron chi connectivity index (χ1n) is 6.46. The van der Waals surface area contributed by atoms with E-state index in [4.69, 9.17) is 5.26 Å². The number of hydrogen-bond acceptors (Lipinski definition) is 5. The lowest BCUT2D eigenvalue weighted by atomic mass is 9.99. The highest BCUT2D eigenvalue weighted by Crippen LogP contribution is 2.27. The Morgan fingerprint density at radius 3 is 2.84 bits per heavy atom. The normalized spacial score (nSPS) is 19.5. The van der Waals surface area contributed by atoms with Crippen LogP contribution in [0.2, 0.25) is 0 Å². The van der Waals surface area contributed by atoms with E-state index in [9.17, 15) is 4.79 Å². The van der Waals surface area contributed by atoms with E-state index in [0.29, 0.717) is 12.4 Å². The van der Waals surface area contributed by atoms with E-state index in [1.807, 2.05) is 0 Å². The van der Waals surface area contributed by atoms with Crippen LogP contribution < -0.4 is 9.80 Å². The van der Waals surface area contributed by atoms with Crippen LogP contribution in [-0.4, -0.2) is 36.0 Å². The highest BCUT2D eigenvalue weighted by atomic mass is 16.2. The Balaban J connectivity index is 1.81. The molecule has 6 nitrogen and oxygen atoms in total. The summed E-state index contributed by atoms with van der Waals surface area (Å²) in [5.74, 6) is 1.59. The van der Waals surface area contributed by atoms with Gasteiger partial charge in [0.1, 0.15) is 5.82 Å². The first-order valence-corrected chi connectivity index (χ1v) is 6.46. The van der Waals surface area contributed by atoms with Crippen LogP contribution in [0.3, 0.4) is 0 Å². The van der Waals surface area contributed by atoms with Crippen molar-refractivity contribution in [3.63, 3.8) is 0 Å². The van der Waals surface area contributed by atoms with Crippen molar-refractivity contribution >= 4 is 17.7 Å². The summed E-state index contributed by atoms with van der Waals surface area (Å²) < 4.78 is 0. The molecule has 1 aromatic heterocycles. The molecule has 2 aliphatic rings. The number of anilines is 2. The predicted molar refractivity (Wildman–Crippen MR) is 69.7 cm³/mol. The number of piperidine rings is 1. The summed E-state index contributed by atoms with van der Waals surface area (Å²) in [6.07, 6.45) is 3.84. The van der Waals surface area contributed by atoms with Crippen molar-refractivity contribution in [2.24, 2.45) is 5.92 Å². The molecular weight excluding hydrogens is 242 g/mol. The summed E-state index contributed by atoms with van der Waals surface area (Å²) in [6, 6.07) is 2.31. The molecule has 1 aromatic rings. The van der Waals surface area contributed by atoms with Gasteiger partial charge in [-0.1, -0.05) is 0 Å². The average Bonchev–Trinajstić information content (AvgIpc) is 2.74. The molecule has 0 N–H and O–H groups in total. The monoisotopic (exact) mass is 257 g/mol. The Morgan fingerprint density at radius 1 is 1.42 bits per heavy atom. The molecule has 6 heteroatoms. The van der Waals surface area contributed by atoms with E-state index in [1.54, 1.807) is 18.1 Å². The third kappa shape index (κ3) is 2.01. The number of fused-ring (bicyclic) bond motifs is 1. The van der Waals surface area contributed by atoms with Crippen LogP contribution >= 0.6 is 0 Å². The molecule has 0 aromatic carbocycles. The second-order valence-corrected chi connectivity index (χ2v) is 5.04. The van der Waals surface area contributed by atoms with Crippen molar-refractivity contribution in [2.75, 3.05) is 29.9 Å². The number of aromatic nitrogens is 2. The zero-order chi connectivity index (χ0) is 13.4. The molecule has 0 unspecified atom stereocenters. The summed E-state index contributed by atoms with van der Waals surface area (Å²) in [7, 11) is 1.74. The van der Waals surface area contributed by atoms with Crippen LogP contribution in [-0.2, 0) is 11.2 Å². The molecule has 1 fully saturated rings. The molecule has 0 aliphatic carbocycles. The Labute approximate surface area is 111 Å². The third-order valence-corrected chi connectivity index (χ3v) is 3.82. The molecule has 3 rings (SSSR count). The lowest BCUT2D eigenvalue weighted by molar-refractivity contribution is -0.117. The molecule has 0 spiro atoms. The number of amides is 1. The minimum absolute atomic E-state index is 0.0599. The minimum atomic E-state index is 0.0599. The van der Waals surface area contributed by atoms with Crippen LogP contribution in [0.4, 0.5) is 11.8 Å². The fraction of sp³-hybridized carbons (Fsp3) is 0.538. The van der Waals surface area contributed by atoms with Crippen molar-refractivity contribution in [3.05, 3.63) is 11.8 Å². The molecule has 1 saturated heterocycles. The van der Waals surface area contributed by atoms with E-state index in [1.165, 1.54) is 0 Å². The smallest absolute Gasteiger partial charge is 0.232 e. The van der Waals surface area contributed by atoms with Gasteiger partial charge in [0.15, 0.2) is 0 Å². The fourth-order valence-electron chi connectivity index (χ4n) is 2.56. The van der Waals surface area contributed by atoms with Crippen LogP contribution in [0.25, 0.3) is 0 Å². The number of carbonyl (C=O) groups excluding carboxylic acids is 1. The van der Waals surface area contributed by atoms with E-state index < -0.39 is 0 Å². The van der Waals surface area contributed by atoms with Gasteiger partial charge in [0.05, 0.1) is 12.5 Å². The van der Waals surface area contributed by atoms with Gasteiger partial charge in [-0.05, 0) is 12.8 Å². The highest BCUT2D eigenvalue weighted by molar-refractivity contribution is 5.99. The molecule has 3 heterocycles. The Kier molecular flexibility index (Phi) is 2.82. The Morgan fingerprint density at radius 2 is 2.16 bits per heavy atom. The molecular formula is C13H15N5O. The lowest BCUT2D eigenvalue weighted by Crippen LogP contribution is -2.34. The number of rotatable bonds is 1. The van der Waals surface area contributed by atoms with Gasteiger partial charge in [-0.3, -0.25) is 9.69 Å². The van der Waals surface area contributed by atoms with Crippen molar-refractivity contribution in [1.82, 2.24) is 9.97 Å². The fourth-order valence-corrected chi connectivity index (χ4v) is 2.56. The SMILES string of the molecule is CN1C(=O)Cc2cnc(N3CCC(C#N)CC3)nc21. The minimum Gasteiger partial charge on any atom is -0.341 e. The van der Waals surface area contributed by atoms with E-state index in [-0.39, 0.29) is 11.8 Å². The molecule has 2 aliphatic heterocycles. The Bertz CT molecular complexity index is 557. The van der Waals surface area contributed by atoms with Gasteiger partial charge in [-0.15, -0.1) is 0 Å². The van der Waals surface area contributed by atoms with Gasteiger partial charge in [-0.2, -0.15) is 10.2 Å². The van der Waals surface area contributed by atoms with Crippen molar-refractivity contribution in [1.29, 1.82) is 5.26 Å². The second kappa shape index (κ2) is 4.50. The summed E-state index contributed by atoms with van der Waals surface area (Å²) in [6.45, 7) is 1.60. The van der Waals surface area contributed by atoms with Gasteiger partial charge in [-0.25, -0.2) is 4.98 Å². The van der Waals surface area contributed by atoms with Crippen LogP contribution in [0.5, 0.6) is 0 Å². The molecule has 0 saturated carbocycles. The second-order valence-electron chi connectivity index (χ2n) is 5.04. The zero-order valence-corrected chi connectivity index (χ0v) is 10.8.